The molecule has 1 aliphatic rings. The first kappa shape index (κ1) is 21.5. The van der Waals surface area contributed by atoms with E-state index in [9.17, 15) is 31.6 Å². The highest BCUT2D eigenvalue weighted by molar-refractivity contribution is 5.69. The number of halogens is 6. The van der Waals surface area contributed by atoms with Crippen molar-refractivity contribution in [3.05, 3.63) is 41.1 Å². The first-order chi connectivity index (χ1) is 15.1. The van der Waals surface area contributed by atoms with Gasteiger partial charge in [0.25, 0.3) is 0 Å². The van der Waals surface area contributed by atoms with Crippen molar-refractivity contribution in [2.75, 3.05) is 18.0 Å². The summed E-state index contributed by atoms with van der Waals surface area (Å²) in [5, 5.41) is 19.0. The van der Waals surface area contributed by atoms with Crippen molar-refractivity contribution in [3.8, 4) is 28.8 Å². The van der Waals surface area contributed by atoms with E-state index in [1.807, 2.05) is 4.90 Å². The number of benzene rings is 1. The van der Waals surface area contributed by atoms with E-state index in [1.165, 1.54) is 6.07 Å². The average molecular weight is 453 g/mol. The molecule has 32 heavy (non-hydrogen) atoms. The van der Waals surface area contributed by atoms with Crippen LogP contribution in [-0.2, 0) is 12.4 Å². The third-order valence-electron chi connectivity index (χ3n) is 4.88. The highest BCUT2D eigenvalue weighted by atomic mass is 19.4. The second-order valence-electron chi connectivity index (χ2n) is 7.06. The standard InChI is InChI=1S/C19H13F6N7/c20-18(21,22)11-5-10(6-12(7-11)19(23,24)25)17-27-13(16-14(9-26)29-31-30-16)8-15(28-17)32-3-1-2-4-32/h5-8H,1-4H2,(H,29,30,31). The fourth-order valence-electron chi connectivity index (χ4n) is 3.36. The van der Waals surface area contributed by atoms with E-state index < -0.39 is 29.0 Å². The normalized spacial score (nSPS) is 14.6. The zero-order valence-electron chi connectivity index (χ0n) is 16.1. The molecule has 1 aliphatic heterocycles. The second-order valence-corrected chi connectivity index (χ2v) is 7.06. The monoisotopic (exact) mass is 453 g/mol. The smallest absolute Gasteiger partial charge is 0.356 e. The molecule has 3 aromatic rings. The Morgan fingerprint density at radius 3 is 2.06 bits per heavy atom. The Morgan fingerprint density at radius 2 is 1.50 bits per heavy atom. The summed E-state index contributed by atoms with van der Waals surface area (Å²) in [5.74, 6) is -0.0479. The van der Waals surface area contributed by atoms with Crippen LogP contribution in [-0.4, -0.2) is 38.5 Å². The van der Waals surface area contributed by atoms with Gasteiger partial charge in [0.1, 0.15) is 17.6 Å². The third kappa shape index (κ3) is 4.20. The molecule has 0 saturated carbocycles. The summed E-state index contributed by atoms with van der Waals surface area (Å²) in [6.07, 6.45) is -8.31. The van der Waals surface area contributed by atoms with Crippen LogP contribution < -0.4 is 4.90 Å². The Kier molecular flexibility index (Phi) is 5.23. The zero-order chi connectivity index (χ0) is 23.1. The van der Waals surface area contributed by atoms with Gasteiger partial charge in [-0.05, 0) is 31.0 Å². The van der Waals surface area contributed by atoms with Gasteiger partial charge < -0.3 is 4.90 Å². The van der Waals surface area contributed by atoms with Crippen molar-refractivity contribution >= 4 is 5.82 Å². The zero-order valence-corrected chi connectivity index (χ0v) is 16.1. The van der Waals surface area contributed by atoms with Crippen molar-refractivity contribution in [3.63, 3.8) is 0 Å². The Hall–Kier alpha value is -3.69. The predicted molar refractivity (Wildman–Crippen MR) is 99.0 cm³/mol. The molecule has 0 atom stereocenters. The first-order valence-electron chi connectivity index (χ1n) is 9.31. The molecule has 1 N–H and O–H groups in total. The van der Waals surface area contributed by atoms with Gasteiger partial charge in [-0.25, -0.2) is 9.97 Å². The Labute approximate surface area is 176 Å². The topological polar surface area (TPSA) is 94.4 Å². The molecule has 1 fully saturated rings. The van der Waals surface area contributed by atoms with E-state index in [-0.39, 0.29) is 29.0 Å². The minimum absolute atomic E-state index is 0.0135. The number of alkyl halides is 6. The van der Waals surface area contributed by atoms with Gasteiger partial charge in [-0.1, -0.05) is 0 Å². The van der Waals surface area contributed by atoms with Crippen LogP contribution in [0.2, 0.25) is 0 Å². The van der Waals surface area contributed by atoms with Crippen LogP contribution in [0, 0.1) is 11.3 Å². The maximum atomic E-state index is 13.3. The number of rotatable bonds is 3. The van der Waals surface area contributed by atoms with Gasteiger partial charge in [0.2, 0.25) is 0 Å². The van der Waals surface area contributed by atoms with Crippen molar-refractivity contribution < 1.29 is 26.3 Å². The van der Waals surface area contributed by atoms with Gasteiger partial charge in [-0.15, -0.1) is 5.10 Å². The van der Waals surface area contributed by atoms with Crippen LogP contribution in [0.15, 0.2) is 24.3 Å². The molecule has 166 valence electrons. The Bertz CT molecular complexity index is 1150. The van der Waals surface area contributed by atoms with Crippen LogP contribution >= 0.6 is 0 Å². The molecule has 0 unspecified atom stereocenters. The molecule has 0 spiro atoms. The van der Waals surface area contributed by atoms with Crippen LogP contribution in [0.5, 0.6) is 0 Å². The molecule has 3 heterocycles. The number of aromatic amines is 1. The number of hydrogen-bond donors (Lipinski definition) is 1. The number of H-pyrrole nitrogens is 1. The molecule has 2 aromatic heterocycles. The van der Waals surface area contributed by atoms with Crippen LogP contribution in [0.25, 0.3) is 22.8 Å². The maximum Gasteiger partial charge on any atom is 0.416 e. The molecule has 0 amide bonds. The van der Waals surface area contributed by atoms with E-state index in [0.29, 0.717) is 31.0 Å². The number of hydrogen-bond acceptors (Lipinski definition) is 6. The fourth-order valence-corrected chi connectivity index (χ4v) is 3.36. The lowest BCUT2D eigenvalue weighted by Gasteiger charge is -2.19. The molecule has 13 heteroatoms. The third-order valence-corrected chi connectivity index (χ3v) is 4.88. The molecule has 1 saturated heterocycles. The van der Waals surface area contributed by atoms with E-state index in [2.05, 4.69) is 25.4 Å². The van der Waals surface area contributed by atoms with Crippen LogP contribution in [0.1, 0.15) is 29.7 Å². The molecular formula is C19H13F6N7. The van der Waals surface area contributed by atoms with Crippen molar-refractivity contribution in [2.45, 2.75) is 25.2 Å². The maximum absolute atomic E-state index is 13.3. The molecule has 0 bridgehead atoms. The minimum Gasteiger partial charge on any atom is -0.356 e. The minimum atomic E-state index is -5.01. The lowest BCUT2D eigenvalue weighted by atomic mass is 10.0. The van der Waals surface area contributed by atoms with Crippen molar-refractivity contribution in [1.82, 2.24) is 25.4 Å². The van der Waals surface area contributed by atoms with Gasteiger partial charge in [0, 0.05) is 24.7 Å². The number of anilines is 1. The molecule has 0 radical (unpaired) electrons. The van der Waals surface area contributed by atoms with E-state index in [1.54, 1.807) is 6.07 Å². The predicted octanol–water partition coefficient (Wildman–Crippen LogP) is 4.44. The summed E-state index contributed by atoms with van der Waals surface area (Å²) in [7, 11) is 0. The second kappa shape index (κ2) is 7.77. The van der Waals surface area contributed by atoms with Gasteiger partial charge >= 0.3 is 12.4 Å². The van der Waals surface area contributed by atoms with E-state index >= 15 is 0 Å². The molecule has 0 aliphatic carbocycles. The van der Waals surface area contributed by atoms with Crippen LogP contribution in [0.4, 0.5) is 32.2 Å². The van der Waals surface area contributed by atoms with Gasteiger partial charge in [-0.2, -0.15) is 41.9 Å². The van der Waals surface area contributed by atoms with E-state index in [0.717, 1.165) is 12.8 Å². The molecule has 4 rings (SSSR count). The Balaban J connectivity index is 1.94. The molecule has 7 nitrogen and oxygen atoms in total. The van der Waals surface area contributed by atoms with Crippen molar-refractivity contribution in [2.24, 2.45) is 0 Å². The highest BCUT2D eigenvalue weighted by Crippen LogP contribution is 2.38. The summed E-state index contributed by atoms with van der Waals surface area (Å²) >= 11 is 0. The van der Waals surface area contributed by atoms with Gasteiger partial charge in [0.15, 0.2) is 11.5 Å². The fraction of sp³-hybridized carbons (Fsp3) is 0.316. The quantitative estimate of drug-likeness (QED) is 0.590. The number of nitrogens with zero attached hydrogens (tertiary/aromatic N) is 6. The summed E-state index contributed by atoms with van der Waals surface area (Å²) in [4.78, 5) is 10.2. The average Bonchev–Trinajstić information content (AvgIpc) is 3.43. The summed E-state index contributed by atoms with van der Waals surface area (Å²) in [5.41, 5.74) is -3.47. The molecular weight excluding hydrogens is 440 g/mol. The van der Waals surface area contributed by atoms with Gasteiger partial charge in [-0.3, -0.25) is 0 Å². The highest BCUT2D eigenvalue weighted by Gasteiger charge is 2.37. The largest absolute Gasteiger partial charge is 0.416 e. The number of nitrogens with one attached hydrogen (secondary N) is 1. The Morgan fingerprint density at radius 1 is 0.875 bits per heavy atom. The SMILES string of the molecule is N#Cc1n[nH]nc1-c1cc(N2CCCC2)nc(-c2cc(C(F)(F)F)cc(C(F)(F)F)c2)n1. The lowest BCUT2D eigenvalue weighted by Crippen LogP contribution is -2.19. The first-order valence-corrected chi connectivity index (χ1v) is 9.31. The van der Waals surface area contributed by atoms with Gasteiger partial charge in [0.05, 0.1) is 16.8 Å². The van der Waals surface area contributed by atoms with E-state index in [4.69, 9.17) is 0 Å². The van der Waals surface area contributed by atoms with Crippen LogP contribution in [0.3, 0.4) is 0 Å². The summed E-state index contributed by atoms with van der Waals surface area (Å²) < 4.78 is 79.8. The summed E-state index contributed by atoms with van der Waals surface area (Å²) in [6, 6.07) is 4.45. The molecule has 1 aromatic carbocycles. The lowest BCUT2D eigenvalue weighted by molar-refractivity contribution is -0.143. The number of aromatic nitrogens is 5. The number of nitriles is 1. The summed E-state index contributed by atoms with van der Waals surface area (Å²) in [6.45, 7) is 1.21. The van der Waals surface area contributed by atoms with Crippen molar-refractivity contribution in [1.29, 1.82) is 5.26 Å².